The Balaban J connectivity index is 1.15. The lowest BCUT2D eigenvalue weighted by Crippen LogP contribution is -2.31. The molecule has 0 radical (unpaired) electrons. The largest absolute Gasteiger partial charge is 0.416 e. The zero-order valence-corrected chi connectivity index (χ0v) is 34.2. The van der Waals surface area contributed by atoms with Gasteiger partial charge in [-0.1, -0.05) is 87.9 Å². The molecule has 9 rings (SSSR count). The molecule has 0 heterocycles. The number of aryl methyl sites for hydroxylation is 1. The molecule has 0 saturated carbocycles. The van der Waals surface area contributed by atoms with Crippen LogP contribution < -0.4 is 9.80 Å². The number of rotatable bonds is 6. The van der Waals surface area contributed by atoms with Crippen LogP contribution in [0, 0.1) is 12.8 Å². The summed E-state index contributed by atoms with van der Waals surface area (Å²) in [6, 6.07) is 39.0. The van der Waals surface area contributed by atoms with Gasteiger partial charge in [-0.15, -0.1) is 0 Å². The number of nitrogens with zero attached hydrogens (tertiary/aromatic N) is 2. The van der Waals surface area contributed by atoms with E-state index >= 15 is 0 Å². The third-order valence-corrected chi connectivity index (χ3v) is 13.0. The molecule has 3 aliphatic rings. The SMILES string of the molecule is CC1=CC(N(c2ccccc2)c2ccc(C(F)(F)F)cc2)=CC2C1c1ccc3c(c1C2(C)C)C(C)(C)c1cc(N(c2ccccc2)c2ccc(C(F)(F)F)cc2)cc(C)c1-3. The predicted octanol–water partition coefficient (Wildman–Crippen LogP) is 15.5. The molecule has 0 saturated heterocycles. The van der Waals surface area contributed by atoms with Crippen LogP contribution >= 0.6 is 0 Å². The fourth-order valence-corrected chi connectivity index (χ4v) is 10.3. The van der Waals surface area contributed by atoms with Crippen molar-refractivity contribution in [1.82, 2.24) is 0 Å². The van der Waals surface area contributed by atoms with E-state index in [1.807, 2.05) is 70.5 Å². The van der Waals surface area contributed by atoms with Crippen molar-refractivity contribution in [1.29, 1.82) is 0 Å². The Morgan fingerprint density at radius 3 is 1.57 bits per heavy atom. The molecule has 2 atom stereocenters. The van der Waals surface area contributed by atoms with Crippen molar-refractivity contribution in [2.45, 2.75) is 70.6 Å². The van der Waals surface area contributed by atoms with Crippen molar-refractivity contribution in [2.24, 2.45) is 5.92 Å². The second-order valence-electron chi connectivity index (χ2n) is 17.4. The van der Waals surface area contributed by atoms with E-state index in [0.29, 0.717) is 11.4 Å². The highest BCUT2D eigenvalue weighted by Gasteiger charge is 2.52. The highest BCUT2D eigenvalue weighted by atomic mass is 19.4. The zero-order chi connectivity index (χ0) is 42.5. The zero-order valence-electron chi connectivity index (χ0n) is 34.2. The van der Waals surface area contributed by atoms with Crippen LogP contribution in [-0.2, 0) is 23.2 Å². The van der Waals surface area contributed by atoms with Gasteiger partial charge >= 0.3 is 12.4 Å². The summed E-state index contributed by atoms with van der Waals surface area (Å²) in [6.45, 7) is 13.4. The second-order valence-corrected chi connectivity index (χ2v) is 17.4. The van der Waals surface area contributed by atoms with E-state index in [1.54, 1.807) is 12.1 Å². The summed E-state index contributed by atoms with van der Waals surface area (Å²) in [5.41, 5.74) is 12.2. The molecule has 304 valence electrons. The van der Waals surface area contributed by atoms with Gasteiger partial charge in [0.2, 0.25) is 0 Å². The normalized spacial score (nSPS) is 18.5. The molecule has 6 aromatic carbocycles. The fourth-order valence-electron chi connectivity index (χ4n) is 10.3. The number of para-hydroxylation sites is 2. The lowest BCUT2D eigenvalue weighted by atomic mass is 9.69. The van der Waals surface area contributed by atoms with E-state index in [0.717, 1.165) is 58.2 Å². The molecule has 0 amide bonds. The number of allylic oxidation sites excluding steroid dienone is 3. The third-order valence-electron chi connectivity index (χ3n) is 13.0. The minimum Gasteiger partial charge on any atom is -0.311 e. The van der Waals surface area contributed by atoms with E-state index in [-0.39, 0.29) is 17.3 Å². The van der Waals surface area contributed by atoms with Gasteiger partial charge in [-0.05, 0) is 155 Å². The predicted molar refractivity (Wildman–Crippen MR) is 230 cm³/mol. The first-order valence-electron chi connectivity index (χ1n) is 20.2. The number of hydrogen-bond acceptors (Lipinski definition) is 2. The summed E-state index contributed by atoms with van der Waals surface area (Å²) in [4.78, 5) is 4.06. The minimum atomic E-state index is -4.44. The average Bonchev–Trinajstić information content (AvgIpc) is 3.58. The smallest absolute Gasteiger partial charge is 0.311 e. The lowest BCUT2D eigenvalue weighted by Gasteiger charge is -2.37. The molecule has 0 fully saturated rings. The first kappa shape index (κ1) is 39.4. The number of hydrogen-bond donors (Lipinski definition) is 0. The Labute approximate surface area is 347 Å². The topological polar surface area (TPSA) is 6.48 Å². The number of alkyl halides is 6. The van der Waals surface area contributed by atoms with Crippen LogP contribution in [0.15, 0.2) is 157 Å². The summed E-state index contributed by atoms with van der Waals surface area (Å²) in [5, 5.41) is 0. The van der Waals surface area contributed by atoms with E-state index in [9.17, 15) is 26.3 Å². The highest BCUT2D eigenvalue weighted by molar-refractivity contribution is 5.89. The summed E-state index contributed by atoms with van der Waals surface area (Å²) in [7, 11) is 0. The summed E-state index contributed by atoms with van der Waals surface area (Å²) in [6.07, 6.45) is -4.39. The van der Waals surface area contributed by atoms with E-state index < -0.39 is 28.9 Å². The second kappa shape index (κ2) is 13.8. The maximum absolute atomic E-state index is 13.6. The van der Waals surface area contributed by atoms with Crippen LogP contribution in [0.1, 0.15) is 79.5 Å². The molecule has 0 N–H and O–H groups in total. The first-order chi connectivity index (χ1) is 28.4. The van der Waals surface area contributed by atoms with Crippen LogP contribution in [0.2, 0.25) is 0 Å². The van der Waals surface area contributed by atoms with Gasteiger partial charge in [-0.3, -0.25) is 0 Å². The number of benzene rings is 6. The van der Waals surface area contributed by atoms with Crippen molar-refractivity contribution in [2.75, 3.05) is 9.80 Å². The van der Waals surface area contributed by atoms with Crippen LogP contribution in [0.25, 0.3) is 11.1 Å². The molecule has 0 spiro atoms. The molecule has 0 aromatic heterocycles. The van der Waals surface area contributed by atoms with Crippen molar-refractivity contribution >= 4 is 28.4 Å². The monoisotopic (exact) mass is 810 g/mol. The summed E-state index contributed by atoms with van der Waals surface area (Å²) < 4.78 is 81.8. The fraction of sp³-hybridized carbons (Fsp3) is 0.231. The van der Waals surface area contributed by atoms with Gasteiger partial charge in [0.25, 0.3) is 0 Å². The molecule has 8 heteroatoms. The summed E-state index contributed by atoms with van der Waals surface area (Å²) in [5.74, 6) is 0.141. The molecule has 0 aliphatic heterocycles. The maximum atomic E-state index is 13.6. The average molecular weight is 811 g/mol. The molecule has 2 unspecified atom stereocenters. The first-order valence-corrected chi connectivity index (χ1v) is 20.2. The number of anilines is 5. The minimum absolute atomic E-state index is 0.0454. The van der Waals surface area contributed by atoms with Crippen molar-refractivity contribution < 1.29 is 26.3 Å². The van der Waals surface area contributed by atoms with Crippen molar-refractivity contribution in [3.05, 3.63) is 196 Å². The molecule has 0 bridgehead atoms. The van der Waals surface area contributed by atoms with Gasteiger partial charge < -0.3 is 9.80 Å². The van der Waals surface area contributed by atoms with Gasteiger partial charge in [0, 0.05) is 45.5 Å². The Morgan fingerprint density at radius 2 is 1.03 bits per heavy atom. The lowest BCUT2D eigenvalue weighted by molar-refractivity contribution is -0.138. The van der Waals surface area contributed by atoms with Gasteiger partial charge in [0.1, 0.15) is 0 Å². The van der Waals surface area contributed by atoms with Crippen LogP contribution in [-0.4, -0.2) is 0 Å². The van der Waals surface area contributed by atoms with Gasteiger partial charge in [0.15, 0.2) is 0 Å². The summed E-state index contributed by atoms with van der Waals surface area (Å²) >= 11 is 0. The molecule has 6 aromatic rings. The van der Waals surface area contributed by atoms with Gasteiger partial charge in [0.05, 0.1) is 11.1 Å². The molecule has 3 aliphatic carbocycles. The van der Waals surface area contributed by atoms with E-state index in [4.69, 9.17) is 0 Å². The number of fused-ring (bicyclic) bond motifs is 7. The van der Waals surface area contributed by atoms with Crippen LogP contribution in [0.3, 0.4) is 0 Å². The van der Waals surface area contributed by atoms with Gasteiger partial charge in [-0.25, -0.2) is 0 Å². The Bertz CT molecular complexity index is 2690. The molecule has 2 nitrogen and oxygen atoms in total. The Hall–Kier alpha value is -6.02. The van der Waals surface area contributed by atoms with Crippen molar-refractivity contribution in [3.63, 3.8) is 0 Å². The molecular weight excluding hydrogens is 767 g/mol. The Morgan fingerprint density at radius 1 is 0.533 bits per heavy atom. The number of halogens is 6. The van der Waals surface area contributed by atoms with E-state index in [1.165, 1.54) is 45.5 Å². The molecule has 60 heavy (non-hydrogen) atoms. The molecular formula is C52H44F6N2. The van der Waals surface area contributed by atoms with E-state index in [2.05, 4.69) is 78.0 Å². The third kappa shape index (κ3) is 6.25. The standard InChI is InChI=1S/C52H44F6N2/c1-31-27-39(59(35-13-9-7-10-14-35)37-21-17-33(18-22-37)51(53,54)55)29-43-45(31)41-25-26-42-46-32(2)28-40(30-44(46)50(5,6)48(42)47(41)49(43,3)4)60(36-15-11-8-12-16-36)38-23-19-34(20-24-38)52(56,57)58/h7-30,43,45H,1-6H3. The van der Waals surface area contributed by atoms with Crippen LogP contribution in [0.4, 0.5) is 54.8 Å². The Kier molecular flexibility index (Phi) is 9.05. The van der Waals surface area contributed by atoms with Gasteiger partial charge in [-0.2, -0.15) is 26.3 Å². The maximum Gasteiger partial charge on any atom is 0.416 e. The highest BCUT2D eigenvalue weighted by Crippen LogP contribution is 2.63. The quantitative estimate of drug-likeness (QED) is 0.155. The van der Waals surface area contributed by atoms with Crippen LogP contribution in [0.5, 0.6) is 0 Å². The van der Waals surface area contributed by atoms with Crippen molar-refractivity contribution in [3.8, 4) is 11.1 Å².